The van der Waals surface area contributed by atoms with E-state index in [0.717, 1.165) is 0 Å². The molecule has 3 heterocycles. The summed E-state index contributed by atoms with van der Waals surface area (Å²) in [6, 6.07) is 24.1. The third-order valence-electron chi connectivity index (χ3n) is 6.64. The Morgan fingerprint density at radius 3 is 2.37 bits per heavy atom. The lowest BCUT2D eigenvalue weighted by Crippen LogP contribution is -2.37. The number of hydroxylamine groups is 1. The summed E-state index contributed by atoms with van der Waals surface area (Å²) in [6.45, 7) is 2.40. The molecule has 0 spiro atoms. The average Bonchev–Trinajstić information content (AvgIpc) is 3.62. The van der Waals surface area contributed by atoms with Crippen LogP contribution in [0.1, 0.15) is 18.7 Å². The van der Waals surface area contributed by atoms with Crippen molar-refractivity contribution in [3.63, 3.8) is 0 Å². The molecule has 0 unspecified atom stereocenters. The van der Waals surface area contributed by atoms with Crippen LogP contribution in [0, 0.1) is 5.92 Å². The van der Waals surface area contributed by atoms with Crippen LogP contribution in [0.15, 0.2) is 89.3 Å². The highest BCUT2D eigenvalue weighted by molar-refractivity contribution is 6.35. The van der Waals surface area contributed by atoms with Crippen LogP contribution in [0.25, 0.3) is 11.3 Å². The number of rotatable bonds is 6. The standard InChI is InChI=1S/C29H22Cl2N2O5/c1-2-36-20-11-9-18(10-12-20)32-28(34)25-26(33(38-27(25)29(32)35)19-6-4-3-5-7-19)24-15-14-23(37-24)21-16-17(30)8-13-22(21)31/h3-16,25-27H,2H2,1H3/t25-,26+,27-/m0/s1. The summed E-state index contributed by atoms with van der Waals surface area (Å²) in [4.78, 5) is 34.7. The molecule has 0 radical (unpaired) electrons. The van der Waals surface area contributed by atoms with Crippen molar-refractivity contribution in [1.29, 1.82) is 0 Å². The number of nitrogens with zero attached hydrogens (tertiary/aromatic N) is 2. The number of ether oxygens (including phenoxy) is 1. The molecule has 7 nitrogen and oxygen atoms in total. The van der Waals surface area contributed by atoms with Gasteiger partial charge < -0.3 is 9.15 Å². The number of hydrogen-bond donors (Lipinski definition) is 0. The lowest BCUT2D eigenvalue weighted by atomic mass is 9.94. The van der Waals surface area contributed by atoms with Gasteiger partial charge in [0.1, 0.15) is 29.2 Å². The Kier molecular flexibility index (Phi) is 6.35. The molecule has 0 bridgehead atoms. The van der Waals surface area contributed by atoms with Gasteiger partial charge in [-0.3, -0.25) is 14.4 Å². The highest BCUT2D eigenvalue weighted by Crippen LogP contribution is 2.48. The first-order valence-electron chi connectivity index (χ1n) is 12.1. The van der Waals surface area contributed by atoms with Gasteiger partial charge >= 0.3 is 0 Å². The number of anilines is 2. The van der Waals surface area contributed by atoms with Crippen LogP contribution in [0.4, 0.5) is 11.4 Å². The number of carbonyl (C=O) groups excluding carboxylic acids is 2. The number of carbonyl (C=O) groups is 2. The zero-order chi connectivity index (χ0) is 26.4. The van der Waals surface area contributed by atoms with Crippen LogP contribution in [0.3, 0.4) is 0 Å². The van der Waals surface area contributed by atoms with E-state index < -0.39 is 24.0 Å². The fourth-order valence-corrected chi connectivity index (χ4v) is 5.34. The maximum Gasteiger partial charge on any atom is 0.266 e. The summed E-state index contributed by atoms with van der Waals surface area (Å²) in [7, 11) is 0. The van der Waals surface area contributed by atoms with E-state index in [1.807, 2.05) is 37.3 Å². The monoisotopic (exact) mass is 548 g/mol. The maximum atomic E-state index is 13.8. The van der Waals surface area contributed by atoms with E-state index in [4.69, 9.17) is 37.2 Å². The predicted molar refractivity (Wildman–Crippen MR) is 144 cm³/mol. The molecule has 192 valence electrons. The van der Waals surface area contributed by atoms with Crippen LogP contribution in [-0.2, 0) is 14.4 Å². The molecular weight excluding hydrogens is 527 g/mol. The van der Waals surface area contributed by atoms with Gasteiger partial charge in [-0.1, -0.05) is 41.4 Å². The molecule has 0 N–H and O–H groups in total. The van der Waals surface area contributed by atoms with Gasteiger partial charge in [0.15, 0.2) is 6.10 Å². The average molecular weight is 549 g/mol. The second-order valence-electron chi connectivity index (χ2n) is 8.92. The first kappa shape index (κ1) is 24.6. The SMILES string of the molecule is CCOc1ccc(N2C(=O)[C@@H]3[C@H](ON(c4ccccc4)[C@@H]3c3ccc(-c4cc(Cl)ccc4Cl)o3)C2=O)cc1. The number of halogens is 2. The molecule has 6 rings (SSSR count). The van der Waals surface area contributed by atoms with Crippen molar-refractivity contribution in [3.05, 3.63) is 101 Å². The van der Waals surface area contributed by atoms with E-state index >= 15 is 0 Å². The molecule has 2 saturated heterocycles. The Bertz CT molecular complexity index is 1510. The van der Waals surface area contributed by atoms with Crippen molar-refractivity contribution in [3.8, 4) is 17.1 Å². The van der Waals surface area contributed by atoms with E-state index in [0.29, 0.717) is 50.9 Å². The molecule has 3 atom stereocenters. The van der Waals surface area contributed by atoms with Crippen LogP contribution >= 0.6 is 23.2 Å². The molecule has 2 amide bonds. The lowest BCUT2D eigenvalue weighted by molar-refractivity contribution is -0.126. The van der Waals surface area contributed by atoms with Gasteiger partial charge in [-0.15, -0.1) is 0 Å². The molecule has 2 fully saturated rings. The zero-order valence-electron chi connectivity index (χ0n) is 20.2. The van der Waals surface area contributed by atoms with Gasteiger partial charge in [-0.05, 0) is 73.7 Å². The fourth-order valence-electron chi connectivity index (χ4n) is 4.96. The minimum atomic E-state index is -1.01. The number of benzene rings is 3. The molecule has 0 saturated carbocycles. The van der Waals surface area contributed by atoms with Gasteiger partial charge in [0.2, 0.25) is 5.91 Å². The molecule has 1 aromatic heterocycles. The molecule has 0 aliphatic carbocycles. The van der Waals surface area contributed by atoms with Crippen molar-refractivity contribution in [2.45, 2.75) is 19.1 Å². The number of fused-ring (bicyclic) bond motifs is 1. The maximum absolute atomic E-state index is 13.8. The van der Waals surface area contributed by atoms with E-state index in [2.05, 4.69) is 0 Å². The Morgan fingerprint density at radius 1 is 0.868 bits per heavy atom. The van der Waals surface area contributed by atoms with Crippen LogP contribution in [0.5, 0.6) is 5.75 Å². The van der Waals surface area contributed by atoms with Crippen molar-refractivity contribution in [2.24, 2.45) is 5.92 Å². The highest BCUT2D eigenvalue weighted by Gasteiger charge is 2.61. The van der Waals surface area contributed by atoms with Gasteiger partial charge in [-0.25, -0.2) is 9.96 Å². The number of furan rings is 1. The second-order valence-corrected chi connectivity index (χ2v) is 9.77. The smallest absolute Gasteiger partial charge is 0.266 e. The summed E-state index contributed by atoms with van der Waals surface area (Å²) >= 11 is 12.6. The third kappa shape index (κ3) is 4.13. The number of hydrogen-bond acceptors (Lipinski definition) is 6. The third-order valence-corrected chi connectivity index (χ3v) is 7.21. The van der Waals surface area contributed by atoms with E-state index in [1.165, 1.54) is 4.90 Å². The lowest BCUT2D eigenvalue weighted by Gasteiger charge is -2.27. The minimum Gasteiger partial charge on any atom is -0.494 e. The minimum absolute atomic E-state index is 0.369. The van der Waals surface area contributed by atoms with Crippen molar-refractivity contribution < 1.29 is 23.6 Å². The number of para-hydroxylation sites is 1. The highest BCUT2D eigenvalue weighted by atomic mass is 35.5. The van der Waals surface area contributed by atoms with Crippen LogP contribution in [0.2, 0.25) is 10.0 Å². The van der Waals surface area contributed by atoms with Crippen LogP contribution in [-0.4, -0.2) is 24.5 Å². The summed E-state index contributed by atoms with van der Waals surface area (Å²) in [5, 5.41) is 2.58. The van der Waals surface area contributed by atoms with E-state index in [1.54, 1.807) is 59.7 Å². The van der Waals surface area contributed by atoms with Crippen LogP contribution < -0.4 is 14.7 Å². The second kappa shape index (κ2) is 9.83. The Balaban J connectivity index is 1.39. The quantitative estimate of drug-likeness (QED) is 0.249. The summed E-state index contributed by atoms with van der Waals surface area (Å²) in [5.74, 6) is -0.0272. The predicted octanol–water partition coefficient (Wildman–Crippen LogP) is 6.70. The first-order valence-corrected chi connectivity index (χ1v) is 12.9. The van der Waals surface area contributed by atoms with Gasteiger partial charge in [-0.2, -0.15) is 0 Å². The number of imide groups is 1. The molecule has 2 aliphatic heterocycles. The summed E-state index contributed by atoms with van der Waals surface area (Å²) < 4.78 is 11.7. The zero-order valence-corrected chi connectivity index (χ0v) is 21.7. The normalized spacial score (nSPS) is 20.8. The van der Waals surface area contributed by atoms with Crippen molar-refractivity contribution >= 4 is 46.4 Å². The molecule has 9 heteroatoms. The van der Waals surface area contributed by atoms with Gasteiger partial charge in [0.05, 0.1) is 23.0 Å². The Hall–Kier alpha value is -3.78. The molecule has 38 heavy (non-hydrogen) atoms. The van der Waals surface area contributed by atoms with E-state index in [9.17, 15) is 9.59 Å². The molecule has 2 aliphatic rings. The molecular formula is C29H22Cl2N2O5. The van der Waals surface area contributed by atoms with Gasteiger partial charge in [0.25, 0.3) is 5.91 Å². The largest absolute Gasteiger partial charge is 0.494 e. The van der Waals surface area contributed by atoms with Gasteiger partial charge in [0, 0.05) is 10.6 Å². The fraction of sp³-hybridized carbons (Fsp3) is 0.172. The topological polar surface area (TPSA) is 72.2 Å². The Morgan fingerprint density at radius 2 is 1.63 bits per heavy atom. The first-order chi connectivity index (χ1) is 18.5. The summed E-state index contributed by atoms with van der Waals surface area (Å²) in [5.41, 5.74) is 1.77. The number of amides is 2. The summed E-state index contributed by atoms with van der Waals surface area (Å²) in [6.07, 6.45) is -1.01. The molecule has 3 aromatic carbocycles. The Labute approximate surface area is 229 Å². The van der Waals surface area contributed by atoms with Crippen molar-refractivity contribution in [2.75, 3.05) is 16.6 Å². The van der Waals surface area contributed by atoms with E-state index in [-0.39, 0.29) is 5.91 Å². The van der Waals surface area contributed by atoms with Crippen molar-refractivity contribution in [1.82, 2.24) is 0 Å². The molecule has 4 aromatic rings.